The molecule has 0 saturated carbocycles. The van der Waals surface area contributed by atoms with Gasteiger partial charge in [-0.2, -0.15) is 0 Å². The molecule has 3 rings (SSSR count). The summed E-state index contributed by atoms with van der Waals surface area (Å²) in [6.07, 6.45) is 4.40. The summed E-state index contributed by atoms with van der Waals surface area (Å²) >= 11 is 0. The van der Waals surface area contributed by atoms with E-state index in [2.05, 4.69) is 65.9 Å². The largest absolute Gasteiger partial charge is 0.340 e. The summed E-state index contributed by atoms with van der Waals surface area (Å²) in [4.78, 5) is 19.2. The van der Waals surface area contributed by atoms with Crippen molar-refractivity contribution in [1.29, 1.82) is 0 Å². The van der Waals surface area contributed by atoms with E-state index in [0.29, 0.717) is 17.9 Å². The maximum absolute atomic E-state index is 12.1. The maximum Gasteiger partial charge on any atom is 0.222 e. The van der Waals surface area contributed by atoms with Crippen molar-refractivity contribution in [2.75, 3.05) is 39.8 Å². The lowest BCUT2D eigenvalue weighted by Gasteiger charge is -2.38. The lowest BCUT2D eigenvalue weighted by Crippen LogP contribution is -2.47. The van der Waals surface area contributed by atoms with E-state index in [1.54, 1.807) is 0 Å². The third-order valence-electron chi connectivity index (χ3n) is 6.26. The molecule has 2 aliphatic heterocycles. The fourth-order valence-corrected chi connectivity index (χ4v) is 4.72. The molecule has 0 bridgehead atoms. The summed E-state index contributed by atoms with van der Waals surface area (Å²) in [6.45, 7) is 11.0. The third-order valence-corrected chi connectivity index (χ3v) is 6.26. The molecule has 0 N–H and O–H groups in total. The quantitative estimate of drug-likeness (QED) is 0.734. The Kier molecular flexibility index (Phi) is 7.31. The van der Waals surface area contributed by atoms with Gasteiger partial charge in [0.2, 0.25) is 5.91 Å². The summed E-state index contributed by atoms with van der Waals surface area (Å²) < 4.78 is 0. The Morgan fingerprint density at radius 2 is 1.70 bits per heavy atom. The number of hydrogen-bond acceptors (Lipinski definition) is 3. The molecule has 0 aliphatic carbocycles. The maximum atomic E-state index is 12.1. The minimum Gasteiger partial charge on any atom is -0.340 e. The Morgan fingerprint density at radius 1 is 1.04 bits per heavy atom. The van der Waals surface area contributed by atoms with Crippen LogP contribution in [0.15, 0.2) is 30.3 Å². The second-order valence-electron chi connectivity index (χ2n) is 8.97. The third kappa shape index (κ3) is 6.05. The predicted octanol–water partition coefficient (Wildman–Crippen LogP) is 3.48. The number of amides is 1. The van der Waals surface area contributed by atoms with E-state index in [0.717, 1.165) is 38.4 Å². The predicted molar refractivity (Wildman–Crippen MR) is 112 cm³/mol. The standard InChI is InChI=1S/C23H37N3O/c1-19(2)26-18-22(9-10-23(26)27)16-24(3)15-21-11-13-25(14-12-21)17-20-7-5-4-6-8-20/h4-8,19,21-22H,9-18H2,1-3H3. The highest BCUT2D eigenvalue weighted by atomic mass is 16.2. The van der Waals surface area contributed by atoms with Gasteiger partial charge >= 0.3 is 0 Å². The van der Waals surface area contributed by atoms with Crippen molar-refractivity contribution < 1.29 is 4.79 Å². The van der Waals surface area contributed by atoms with E-state index in [-0.39, 0.29) is 0 Å². The number of rotatable bonds is 7. The van der Waals surface area contributed by atoms with Gasteiger partial charge in [-0.05, 0) is 70.6 Å². The van der Waals surface area contributed by atoms with Crippen LogP contribution in [0, 0.1) is 11.8 Å². The molecule has 0 aromatic heterocycles. The first kappa shape index (κ1) is 20.3. The minimum atomic E-state index is 0.333. The zero-order valence-electron chi connectivity index (χ0n) is 17.4. The van der Waals surface area contributed by atoms with Gasteiger partial charge in [0.05, 0.1) is 0 Å². The number of benzene rings is 1. The van der Waals surface area contributed by atoms with Gasteiger partial charge in [0.15, 0.2) is 0 Å². The first-order valence-corrected chi connectivity index (χ1v) is 10.8. The van der Waals surface area contributed by atoms with Crippen molar-refractivity contribution in [3.8, 4) is 0 Å². The molecule has 27 heavy (non-hydrogen) atoms. The second-order valence-corrected chi connectivity index (χ2v) is 8.97. The summed E-state index contributed by atoms with van der Waals surface area (Å²) in [5, 5.41) is 0. The fourth-order valence-electron chi connectivity index (χ4n) is 4.72. The van der Waals surface area contributed by atoms with Gasteiger partial charge in [-0.3, -0.25) is 9.69 Å². The normalized spacial score (nSPS) is 22.8. The number of nitrogens with zero attached hydrogens (tertiary/aromatic N) is 3. The Balaban J connectivity index is 1.38. The van der Waals surface area contributed by atoms with Gasteiger partial charge in [0, 0.05) is 38.6 Å². The Hall–Kier alpha value is -1.39. The van der Waals surface area contributed by atoms with Crippen LogP contribution in [0.25, 0.3) is 0 Å². The highest BCUT2D eigenvalue weighted by molar-refractivity contribution is 5.77. The van der Waals surface area contributed by atoms with Gasteiger partial charge in [0.1, 0.15) is 0 Å². The van der Waals surface area contributed by atoms with Crippen LogP contribution in [0.5, 0.6) is 0 Å². The molecule has 0 spiro atoms. The first-order chi connectivity index (χ1) is 13.0. The van der Waals surface area contributed by atoms with E-state index in [1.807, 2.05) is 0 Å². The zero-order valence-corrected chi connectivity index (χ0v) is 17.4. The van der Waals surface area contributed by atoms with Crippen LogP contribution in [0.3, 0.4) is 0 Å². The van der Waals surface area contributed by atoms with Crippen molar-refractivity contribution in [2.24, 2.45) is 11.8 Å². The van der Waals surface area contributed by atoms with Gasteiger partial charge in [0.25, 0.3) is 0 Å². The fraction of sp³-hybridized carbons (Fsp3) is 0.696. The van der Waals surface area contributed by atoms with Gasteiger partial charge in [-0.25, -0.2) is 0 Å². The molecule has 2 fully saturated rings. The lowest BCUT2D eigenvalue weighted by atomic mass is 9.93. The molecule has 2 heterocycles. The number of piperidine rings is 2. The molecule has 150 valence electrons. The van der Waals surface area contributed by atoms with Crippen LogP contribution in [-0.2, 0) is 11.3 Å². The minimum absolute atomic E-state index is 0.333. The van der Waals surface area contributed by atoms with Gasteiger partial charge < -0.3 is 9.80 Å². The molecule has 1 unspecified atom stereocenters. The van der Waals surface area contributed by atoms with Crippen molar-refractivity contribution >= 4 is 5.91 Å². The molecule has 1 aromatic carbocycles. The van der Waals surface area contributed by atoms with Crippen LogP contribution >= 0.6 is 0 Å². The molecule has 1 aromatic rings. The van der Waals surface area contributed by atoms with E-state index >= 15 is 0 Å². The Bertz CT molecular complexity index is 581. The van der Waals surface area contributed by atoms with Crippen molar-refractivity contribution in [3.05, 3.63) is 35.9 Å². The topological polar surface area (TPSA) is 26.8 Å². The Morgan fingerprint density at radius 3 is 2.37 bits per heavy atom. The van der Waals surface area contributed by atoms with Crippen LogP contribution in [-0.4, -0.2) is 66.4 Å². The summed E-state index contributed by atoms with van der Waals surface area (Å²) in [6, 6.07) is 11.2. The molecule has 4 nitrogen and oxygen atoms in total. The summed E-state index contributed by atoms with van der Waals surface area (Å²) in [7, 11) is 2.27. The van der Waals surface area contributed by atoms with Crippen molar-refractivity contribution in [2.45, 2.75) is 52.1 Å². The average molecular weight is 372 g/mol. The SMILES string of the molecule is CC(C)N1CC(CN(C)CC2CCN(Cc3ccccc3)CC2)CCC1=O. The van der Waals surface area contributed by atoms with Crippen molar-refractivity contribution in [3.63, 3.8) is 0 Å². The summed E-state index contributed by atoms with van der Waals surface area (Å²) in [5.41, 5.74) is 1.43. The monoisotopic (exact) mass is 371 g/mol. The molecule has 0 radical (unpaired) electrons. The Labute approximate surface area is 165 Å². The van der Waals surface area contributed by atoms with Crippen LogP contribution < -0.4 is 0 Å². The van der Waals surface area contributed by atoms with E-state index in [9.17, 15) is 4.79 Å². The molecule has 2 saturated heterocycles. The number of likely N-dealkylation sites (tertiary alicyclic amines) is 2. The molecular weight excluding hydrogens is 334 g/mol. The molecule has 2 aliphatic rings. The molecule has 4 heteroatoms. The van der Waals surface area contributed by atoms with Crippen LogP contribution in [0.1, 0.15) is 45.1 Å². The number of hydrogen-bond donors (Lipinski definition) is 0. The lowest BCUT2D eigenvalue weighted by molar-refractivity contribution is -0.136. The van der Waals surface area contributed by atoms with Gasteiger partial charge in [-0.15, -0.1) is 0 Å². The number of carbonyl (C=O) groups excluding carboxylic acids is 1. The van der Waals surface area contributed by atoms with Crippen LogP contribution in [0.2, 0.25) is 0 Å². The second kappa shape index (κ2) is 9.70. The van der Waals surface area contributed by atoms with E-state index < -0.39 is 0 Å². The highest BCUT2D eigenvalue weighted by Gasteiger charge is 2.28. The average Bonchev–Trinajstić information content (AvgIpc) is 2.65. The molecular formula is C23H37N3O. The van der Waals surface area contributed by atoms with Crippen LogP contribution in [0.4, 0.5) is 0 Å². The first-order valence-electron chi connectivity index (χ1n) is 10.8. The van der Waals surface area contributed by atoms with Crippen molar-refractivity contribution in [1.82, 2.24) is 14.7 Å². The zero-order chi connectivity index (χ0) is 19.2. The smallest absolute Gasteiger partial charge is 0.222 e. The van der Waals surface area contributed by atoms with E-state index in [4.69, 9.17) is 0 Å². The number of carbonyl (C=O) groups is 1. The van der Waals surface area contributed by atoms with Gasteiger partial charge in [-0.1, -0.05) is 30.3 Å². The van der Waals surface area contributed by atoms with E-state index in [1.165, 1.54) is 38.0 Å². The molecule has 1 atom stereocenters. The molecule has 1 amide bonds. The summed E-state index contributed by atoms with van der Waals surface area (Å²) in [5.74, 6) is 1.79. The highest BCUT2D eigenvalue weighted by Crippen LogP contribution is 2.23.